The summed E-state index contributed by atoms with van der Waals surface area (Å²) >= 11 is 1.51. The summed E-state index contributed by atoms with van der Waals surface area (Å²) in [5, 5.41) is 0.356. The highest BCUT2D eigenvalue weighted by atomic mass is 32.2. The Morgan fingerprint density at radius 2 is 1.76 bits per heavy atom. The number of thiophene rings is 1. The molecule has 2 amide bonds. The third kappa shape index (κ3) is 8.86. The summed E-state index contributed by atoms with van der Waals surface area (Å²) in [5.41, 5.74) is 1.07. The molecule has 11 nitrogen and oxygen atoms in total. The number of nitrogens with one attached hydrogen (secondary N) is 1. The number of hydrogen-bond acceptors (Lipinski definition) is 10. The maximum Gasteiger partial charge on any atom is 0.240 e. The maximum atomic E-state index is 15.0. The monoisotopic (exact) mass is 878 g/mol. The van der Waals surface area contributed by atoms with Crippen LogP contribution in [0.25, 0.3) is 31.7 Å². The van der Waals surface area contributed by atoms with Gasteiger partial charge < -0.3 is 14.4 Å². The molecule has 9 rings (SSSR count). The lowest BCUT2D eigenvalue weighted by Crippen LogP contribution is -2.46. The van der Waals surface area contributed by atoms with Crippen LogP contribution < -0.4 is 14.2 Å². The van der Waals surface area contributed by atoms with Crippen LogP contribution in [0.5, 0.6) is 11.6 Å². The highest BCUT2D eigenvalue weighted by molar-refractivity contribution is 7.90. The number of hydrogen-bond donors (Lipinski definition) is 1. The number of allylic oxidation sites excluding steroid dienone is 2. The van der Waals surface area contributed by atoms with Crippen LogP contribution in [-0.2, 0) is 30.8 Å². The minimum Gasteiger partial charge on any atom is -0.491 e. The van der Waals surface area contributed by atoms with E-state index in [0.717, 1.165) is 62.9 Å². The minimum atomic E-state index is -3.86. The summed E-state index contributed by atoms with van der Waals surface area (Å²) in [7, 11) is -3.86. The van der Waals surface area contributed by atoms with Gasteiger partial charge in [0.25, 0.3) is 0 Å². The van der Waals surface area contributed by atoms with Crippen LogP contribution in [0.3, 0.4) is 0 Å². The summed E-state index contributed by atoms with van der Waals surface area (Å²) in [5.74, 6) is -0.804. The highest BCUT2D eigenvalue weighted by Crippen LogP contribution is 2.57. The number of carbonyl (C=O) groups excluding carboxylic acids is 3. The molecule has 14 heteroatoms. The first-order valence-corrected chi connectivity index (χ1v) is 24.2. The van der Waals surface area contributed by atoms with Gasteiger partial charge in [0.2, 0.25) is 27.7 Å². The zero-order valence-corrected chi connectivity index (χ0v) is 36.6. The molecular formula is C48H51FN4O7S2. The molecular weight excluding hydrogens is 828 g/mol. The van der Waals surface area contributed by atoms with E-state index < -0.39 is 44.7 Å². The SMILES string of the molecule is CC(C)Oc1ccc(-c2nc(O[C@@H]3C[C@H]4C(=O)C[C@]5(C(=O)NS(=O)(=O)C6CC6)C[C@@H]5/C=C\CCCCC[C@H](Cc5ccc(F)cc5)C(=O)N4C3)c3sc4ccccc4c3n2)cc1. The van der Waals surface area contributed by atoms with Gasteiger partial charge >= 0.3 is 0 Å². The molecule has 3 fully saturated rings. The van der Waals surface area contributed by atoms with Gasteiger partial charge in [0.1, 0.15) is 22.4 Å². The molecule has 2 saturated carbocycles. The number of ketones is 1. The van der Waals surface area contributed by atoms with E-state index in [1.807, 2.05) is 74.5 Å². The number of amides is 2. The smallest absolute Gasteiger partial charge is 0.240 e. The van der Waals surface area contributed by atoms with Crippen molar-refractivity contribution in [2.45, 2.75) is 108 Å². The number of benzene rings is 3. The zero-order chi connectivity index (χ0) is 43.2. The molecule has 1 N–H and O–H groups in total. The Hall–Kier alpha value is -5.21. The summed E-state index contributed by atoms with van der Waals surface area (Å²) in [6.07, 6.45) is 8.88. The normalized spacial score (nSPS) is 25.2. The average Bonchev–Trinajstić information content (AvgIpc) is 4.15. The minimum absolute atomic E-state index is 0.0110. The summed E-state index contributed by atoms with van der Waals surface area (Å²) in [6.45, 7) is 4.03. The van der Waals surface area contributed by atoms with Gasteiger partial charge in [-0.25, -0.2) is 17.8 Å². The van der Waals surface area contributed by atoms with E-state index in [4.69, 9.17) is 19.4 Å². The molecule has 4 heterocycles. The molecule has 4 aliphatic rings. The van der Waals surface area contributed by atoms with Crippen LogP contribution >= 0.6 is 11.3 Å². The second-order valence-electron chi connectivity index (χ2n) is 17.7. The fourth-order valence-corrected chi connectivity index (χ4v) is 11.6. The summed E-state index contributed by atoms with van der Waals surface area (Å²) in [4.78, 5) is 55.4. The van der Waals surface area contributed by atoms with Crippen LogP contribution in [0.1, 0.15) is 83.6 Å². The Bertz CT molecular complexity index is 2650. The van der Waals surface area contributed by atoms with Crippen molar-refractivity contribution < 1.29 is 36.7 Å². The molecule has 0 bridgehead atoms. The van der Waals surface area contributed by atoms with Gasteiger partial charge in [-0.2, -0.15) is 4.98 Å². The quantitative estimate of drug-likeness (QED) is 0.136. The van der Waals surface area contributed by atoms with E-state index in [2.05, 4.69) is 4.72 Å². The Morgan fingerprint density at radius 1 is 0.984 bits per heavy atom. The Balaban J connectivity index is 1.07. The van der Waals surface area contributed by atoms with Crippen LogP contribution in [0, 0.1) is 23.1 Å². The predicted molar refractivity (Wildman–Crippen MR) is 237 cm³/mol. The van der Waals surface area contributed by atoms with Gasteiger partial charge in [-0.1, -0.05) is 55.3 Å². The van der Waals surface area contributed by atoms with Gasteiger partial charge in [-0.05, 0) is 113 Å². The van der Waals surface area contributed by atoms with Gasteiger partial charge in [0.15, 0.2) is 11.6 Å². The maximum absolute atomic E-state index is 15.0. The Kier molecular flexibility index (Phi) is 11.7. The van der Waals surface area contributed by atoms with E-state index in [1.165, 1.54) is 23.5 Å². The van der Waals surface area contributed by atoms with Crippen LogP contribution in [0.4, 0.5) is 4.39 Å². The molecule has 324 valence electrons. The van der Waals surface area contributed by atoms with Gasteiger partial charge in [0.05, 0.1) is 34.9 Å². The molecule has 2 aromatic heterocycles. The average molecular weight is 879 g/mol. The van der Waals surface area contributed by atoms with Gasteiger partial charge in [-0.3, -0.25) is 19.1 Å². The topological polar surface area (TPSA) is 145 Å². The lowest BCUT2D eigenvalue weighted by molar-refractivity contribution is -0.142. The molecule has 0 radical (unpaired) electrons. The third-order valence-corrected chi connectivity index (χ3v) is 15.6. The fraction of sp³-hybridized carbons (Fsp3) is 0.438. The van der Waals surface area contributed by atoms with E-state index in [0.29, 0.717) is 43.8 Å². The number of sulfonamides is 1. The second kappa shape index (κ2) is 17.2. The molecule has 2 aliphatic heterocycles. The first-order chi connectivity index (χ1) is 29.9. The van der Waals surface area contributed by atoms with Gasteiger partial charge in [-0.15, -0.1) is 11.3 Å². The Labute approximate surface area is 365 Å². The van der Waals surface area contributed by atoms with Crippen molar-refractivity contribution in [1.82, 2.24) is 19.6 Å². The highest BCUT2D eigenvalue weighted by Gasteiger charge is 2.61. The molecule has 0 spiro atoms. The van der Waals surface area contributed by atoms with Crippen LogP contribution in [0.2, 0.25) is 0 Å². The molecule has 0 unspecified atom stereocenters. The molecule has 2 aliphatic carbocycles. The van der Waals surface area contributed by atoms with E-state index >= 15 is 0 Å². The van der Waals surface area contributed by atoms with Crippen molar-refractivity contribution in [2.75, 3.05) is 6.54 Å². The zero-order valence-electron chi connectivity index (χ0n) is 34.9. The number of aromatic nitrogens is 2. The standard InChI is InChI=1S/C48H51FN4O7S2/c1-29(2)59-35-20-16-31(17-21-35)44-50-42-38-12-8-9-13-41(38)61-43(42)45(51-44)60-36-25-39-40(54)27-48(47(56)52-62(57,58)37-22-23-37)26-33(48)11-7-5-3-4-6-10-32(46(55)53(39)28-36)24-30-14-18-34(49)19-15-30/h7-9,11-21,29,32-33,36-37,39H,3-6,10,22-28H2,1-2H3,(H,52,56)/b11-7-/t32-,33+,36-,39+,48-/m1/s1. The fourth-order valence-electron chi connectivity index (χ4n) is 9.11. The number of carbonyl (C=O) groups is 3. The number of fused-ring (bicyclic) bond motifs is 5. The number of rotatable bonds is 10. The molecule has 3 aromatic carbocycles. The lowest BCUT2D eigenvalue weighted by Gasteiger charge is -2.29. The van der Waals surface area contributed by atoms with Crippen molar-refractivity contribution in [3.63, 3.8) is 0 Å². The van der Waals surface area contributed by atoms with Crippen molar-refractivity contribution in [3.05, 3.63) is 96.3 Å². The first-order valence-electron chi connectivity index (χ1n) is 21.8. The predicted octanol–water partition coefficient (Wildman–Crippen LogP) is 8.74. The number of Topliss-reactive ketones (excluding diaryl/α,β-unsaturated/α-hetero) is 1. The van der Waals surface area contributed by atoms with Crippen LogP contribution in [-0.4, -0.2) is 70.9 Å². The molecule has 5 atom stereocenters. The summed E-state index contributed by atoms with van der Waals surface area (Å²) < 4.78 is 56.8. The molecule has 62 heavy (non-hydrogen) atoms. The number of ether oxygens (including phenoxy) is 2. The van der Waals surface area contributed by atoms with Gasteiger partial charge in [0, 0.05) is 34.4 Å². The molecule has 5 aromatic rings. The largest absolute Gasteiger partial charge is 0.491 e. The lowest BCUT2D eigenvalue weighted by atomic mass is 9.90. The van der Waals surface area contributed by atoms with Crippen molar-refractivity contribution in [2.24, 2.45) is 17.3 Å². The van der Waals surface area contributed by atoms with E-state index in [-0.39, 0.29) is 48.9 Å². The van der Waals surface area contributed by atoms with E-state index in [1.54, 1.807) is 17.0 Å². The first kappa shape index (κ1) is 42.1. The Morgan fingerprint density at radius 3 is 2.52 bits per heavy atom. The number of halogens is 1. The van der Waals surface area contributed by atoms with Crippen LogP contribution in [0.15, 0.2) is 84.9 Å². The third-order valence-electron chi connectivity index (χ3n) is 12.7. The van der Waals surface area contributed by atoms with Crippen molar-refractivity contribution in [1.29, 1.82) is 0 Å². The summed E-state index contributed by atoms with van der Waals surface area (Å²) in [6, 6.07) is 20.8. The molecule has 1 saturated heterocycles. The van der Waals surface area contributed by atoms with E-state index in [9.17, 15) is 27.2 Å². The second-order valence-corrected chi connectivity index (χ2v) is 20.7. The van der Waals surface area contributed by atoms with Crippen molar-refractivity contribution >= 4 is 59.3 Å². The van der Waals surface area contributed by atoms with Crippen molar-refractivity contribution in [3.8, 4) is 23.0 Å². The number of nitrogens with zero attached hydrogens (tertiary/aromatic N) is 3.